The Kier molecular flexibility index (Phi) is 5.94. The summed E-state index contributed by atoms with van der Waals surface area (Å²) in [6.07, 6.45) is 0.368. The number of carbonyl (C=O) groups is 2. The van der Waals surface area contributed by atoms with Crippen LogP contribution in [-0.2, 0) is 9.22 Å². The quantitative estimate of drug-likeness (QED) is 0.754. The van der Waals surface area contributed by atoms with Crippen molar-refractivity contribution in [2.45, 2.75) is 46.0 Å². The summed E-state index contributed by atoms with van der Waals surface area (Å²) in [5.41, 5.74) is 0.415. The first-order valence-corrected chi connectivity index (χ1v) is 10.5. The maximum Gasteiger partial charge on any atom is 0.408 e. The van der Waals surface area contributed by atoms with Crippen LogP contribution >= 0.6 is 0 Å². The third kappa shape index (κ3) is 5.55. The van der Waals surface area contributed by atoms with Crippen LogP contribution in [0.4, 0.5) is 4.79 Å². The number of aliphatic hydroxyl groups excluding tert-OH is 1. The second-order valence-corrected chi connectivity index (χ2v) is 11.7. The van der Waals surface area contributed by atoms with Gasteiger partial charge < -0.3 is 14.6 Å². The standard InChI is InChI=1S/C15H27NO5Si/c1-15(2,3)10-22(4,5)21-9-12-6-11(8-17)13(18)7-16(12)14(19)20/h6,12,17H,7-10H2,1-5H3,(H,19,20). The molecule has 1 unspecified atom stereocenters. The van der Waals surface area contributed by atoms with E-state index in [-0.39, 0.29) is 36.5 Å². The molecule has 126 valence electrons. The van der Waals surface area contributed by atoms with Crippen LogP contribution in [0.5, 0.6) is 0 Å². The topological polar surface area (TPSA) is 87.1 Å². The maximum atomic E-state index is 11.7. The highest BCUT2D eigenvalue weighted by Crippen LogP contribution is 2.28. The van der Waals surface area contributed by atoms with Crippen molar-refractivity contribution in [2.75, 3.05) is 19.8 Å². The number of amides is 1. The van der Waals surface area contributed by atoms with Gasteiger partial charge in [0.25, 0.3) is 0 Å². The lowest BCUT2D eigenvalue weighted by molar-refractivity contribution is -0.118. The zero-order valence-electron chi connectivity index (χ0n) is 14.0. The summed E-state index contributed by atoms with van der Waals surface area (Å²) in [5.74, 6) is -0.354. The molecule has 7 heteroatoms. The van der Waals surface area contributed by atoms with E-state index in [1.807, 2.05) is 0 Å². The first kappa shape index (κ1) is 18.9. The highest BCUT2D eigenvalue weighted by atomic mass is 28.4. The molecule has 1 amide bonds. The summed E-state index contributed by atoms with van der Waals surface area (Å²) >= 11 is 0. The van der Waals surface area contributed by atoms with Crippen LogP contribution in [0.2, 0.25) is 19.1 Å². The Bertz CT molecular complexity index is 467. The lowest BCUT2D eigenvalue weighted by Gasteiger charge is -2.35. The number of hydrogen-bond acceptors (Lipinski definition) is 4. The van der Waals surface area contributed by atoms with Crippen LogP contribution in [0.3, 0.4) is 0 Å². The number of Topliss-reactive ketones (excluding diaryl/α,β-unsaturated/α-hetero) is 1. The zero-order chi connectivity index (χ0) is 17.1. The summed E-state index contributed by atoms with van der Waals surface area (Å²) < 4.78 is 6.05. The van der Waals surface area contributed by atoms with E-state index in [1.54, 1.807) is 0 Å². The van der Waals surface area contributed by atoms with Gasteiger partial charge in [0, 0.05) is 5.57 Å². The Morgan fingerprint density at radius 1 is 1.45 bits per heavy atom. The molecule has 6 nitrogen and oxygen atoms in total. The molecule has 1 aliphatic rings. The van der Waals surface area contributed by atoms with Crippen molar-refractivity contribution in [3.63, 3.8) is 0 Å². The minimum Gasteiger partial charge on any atom is -0.465 e. The average molecular weight is 329 g/mol. The van der Waals surface area contributed by atoms with Crippen molar-refractivity contribution in [1.82, 2.24) is 4.90 Å². The van der Waals surface area contributed by atoms with Crippen LogP contribution in [0.1, 0.15) is 20.8 Å². The number of carbonyl (C=O) groups excluding carboxylic acids is 1. The van der Waals surface area contributed by atoms with Crippen molar-refractivity contribution >= 4 is 20.2 Å². The maximum absolute atomic E-state index is 11.7. The predicted molar refractivity (Wildman–Crippen MR) is 86.4 cm³/mol. The summed E-state index contributed by atoms with van der Waals surface area (Å²) in [4.78, 5) is 24.1. The first-order valence-electron chi connectivity index (χ1n) is 7.43. The van der Waals surface area contributed by atoms with Gasteiger partial charge in [-0.1, -0.05) is 26.8 Å². The molecule has 1 aliphatic heterocycles. The molecular formula is C15H27NO5Si. The van der Waals surface area contributed by atoms with Gasteiger partial charge in [-0.2, -0.15) is 0 Å². The molecule has 0 aromatic heterocycles. The van der Waals surface area contributed by atoms with E-state index >= 15 is 0 Å². The van der Waals surface area contributed by atoms with Gasteiger partial charge in [0.2, 0.25) is 0 Å². The van der Waals surface area contributed by atoms with Crippen LogP contribution in [0, 0.1) is 5.41 Å². The fraction of sp³-hybridized carbons (Fsp3) is 0.733. The molecule has 22 heavy (non-hydrogen) atoms. The molecule has 0 aromatic carbocycles. The molecule has 0 saturated heterocycles. The molecule has 0 fully saturated rings. The fourth-order valence-corrected chi connectivity index (χ4v) is 6.19. The van der Waals surface area contributed by atoms with Crippen molar-refractivity contribution in [3.05, 3.63) is 11.6 Å². The zero-order valence-corrected chi connectivity index (χ0v) is 15.0. The molecule has 1 heterocycles. The Morgan fingerprint density at radius 3 is 2.50 bits per heavy atom. The number of ketones is 1. The molecule has 2 N–H and O–H groups in total. The number of aliphatic hydroxyl groups is 1. The van der Waals surface area contributed by atoms with E-state index in [9.17, 15) is 19.8 Å². The number of hydrogen-bond donors (Lipinski definition) is 2. The molecule has 0 spiro atoms. The van der Waals surface area contributed by atoms with Crippen LogP contribution in [0.25, 0.3) is 0 Å². The van der Waals surface area contributed by atoms with E-state index in [4.69, 9.17) is 4.43 Å². The van der Waals surface area contributed by atoms with Gasteiger partial charge in [0.05, 0.1) is 25.8 Å². The largest absolute Gasteiger partial charge is 0.465 e. The monoisotopic (exact) mass is 329 g/mol. The lowest BCUT2D eigenvalue weighted by atomic mass is 10.0. The highest BCUT2D eigenvalue weighted by Gasteiger charge is 2.34. The second-order valence-electron chi connectivity index (χ2n) is 7.56. The molecule has 0 aliphatic carbocycles. The van der Waals surface area contributed by atoms with Gasteiger partial charge in [-0.3, -0.25) is 9.69 Å². The van der Waals surface area contributed by atoms with E-state index < -0.39 is 20.5 Å². The number of carboxylic acid groups (broad SMARTS) is 1. The SMILES string of the molecule is CC(C)(C)C[Si](C)(C)OCC1C=C(CO)C(=O)CN1C(=O)O. The van der Waals surface area contributed by atoms with Crippen molar-refractivity contribution in [2.24, 2.45) is 5.41 Å². The van der Waals surface area contributed by atoms with E-state index in [1.165, 1.54) is 6.08 Å². The summed E-state index contributed by atoms with van der Waals surface area (Å²) in [6.45, 7) is 10.3. The second kappa shape index (κ2) is 6.93. The Labute approximate surface area is 132 Å². The minimum absolute atomic E-state index is 0.150. The molecule has 1 atom stereocenters. The summed E-state index contributed by atoms with van der Waals surface area (Å²) in [7, 11) is -1.93. The molecule has 0 aromatic rings. The third-order valence-electron chi connectivity index (χ3n) is 3.48. The van der Waals surface area contributed by atoms with Crippen LogP contribution in [0.15, 0.2) is 11.6 Å². The lowest BCUT2D eigenvalue weighted by Crippen LogP contribution is -2.50. The average Bonchev–Trinajstić information content (AvgIpc) is 2.33. The van der Waals surface area contributed by atoms with Gasteiger partial charge in [0.15, 0.2) is 14.1 Å². The van der Waals surface area contributed by atoms with Gasteiger partial charge in [-0.25, -0.2) is 4.79 Å². The normalized spacial score (nSPS) is 20.1. The van der Waals surface area contributed by atoms with Crippen molar-refractivity contribution in [1.29, 1.82) is 0 Å². The summed E-state index contributed by atoms with van der Waals surface area (Å²) in [6, 6.07) is 0.430. The fourth-order valence-electron chi connectivity index (χ4n) is 2.92. The van der Waals surface area contributed by atoms with Gasteiger partial charge in [-0.15, -0.1) is 0 Å². The molecule has 0 bridgehead atoms. The highest BCUT2D eigenvalue weighted by molar-refractivity contribution is 6.71. The summed E-state index contributed by atoms with van der Waals surface area (Å²) in [5, 5.41) is 18.4. The molecule has 0 saturated carbocycles. The number of nitrogens with zero attached hydrogens (tertiary/aromatic N) is 1. The van der Waals surface area contributed by atoms with Gasteiger partial charge in [0.1, 0.15) is 0 Å². The number of rotatable bonds is 5. The predicted octanol–water partition coefficient (Wildman–Crippen LogP) is 2.10. The Balaban J connectivity index is 2.81. The van der Waals surface area contributed by atoms with Gasteiger partial charge >= 0.3 is 6.09 Å². The Hall–Kier alpha value is -1.18. The van der Waals surface area contributed by atoms with Crippen molar-refractivity contribution in [3.8, 4) is 0 Å². The van der Waals surface area contributed by atoms with E-state index in [0.717, 1.165) is 10.9 Å². The molecule has 0 radical (unpaired) electrons. The van der Waals surface area contributed by atoms with Gasteiger partial charge in [-0.05, 0) is 24.6 Å². The Morgan fingerprint density at radius 2 is 2.05 bits per heavy atom. The smallest absolute Gasteiger partial charge is 0.408 e. The minimum atomic E-state index is -1.93. The van der Waals surface area contributed by atoms with E-state index in [0.29, 0.717) is 0 Å². The molecule has 1 rings (SSSR count). The third-order valence-corrected chi connectivity index (χ3v) is 6.34. The van der Waals surface area contributed by atoms with Crippen molar-refractivity contribution < 1.29 is 24.2 Å². The van der Waals surface area contributed by atoms with Crippen LogP contribution in [-0.4, -0.2) is 61.1 Å². The molecular weight excluding hydrogens is 302 g/mol. The van der Waals surface area contributed by atoms with E-state index in [2.05, 4.69) is 33.9 Å². The first-order chi connectivity index (χ1) is 9.95. The van der Waals surface area contributed by atoms with Crippen LogP contribution < -0.4 is 0 Å².